The van der Waals surface area contributed by atoms with Crippen molar-refractivity contribution in [2.24, 2.45) is 5.10 Å². The van der Waals surface area contributed by atoms with Gasteiger partial charge in [-0.25, -0.2) is 9.82 Å². The quantitative estimate of drug-likeness (QED) is 0.323. The second kappa shape index (κ2) is 11.3. The third-order valence-corrected chi connectivity index (χ3v) is 4.38. The van der Waals surface area contributed by atoms with Gasteiger partial charge in [-0.3, -0.25) is 9.59 Å². The van der Waals surface area contributed by atoms with E-state index in [0.717, 1.165) is 11.1 Å². The van der Waals surface area contributed by atoms with E-state index >= 15 is 0 Å². The van der Waals surface area contributed by atoms with Crippen LogP contribution in [0.25, 0.3) is 0 Å². The Morgan fingerprint density at radius 2 is 1.69 bits per heavy atom. The second-order valence-corrected chi connectivity index (χ2v) is 6.69. The van der Waals surface area contributed by atoms with Gasteiger partial charge in [-0.1, -0.05) is 42.5 Å². The van der Waals surface area contributed by atoms with Crippen LogP contribution in [-0.2, 0) is 22.7 Å². The van der Waals surface area contributed by atoms with Crippen LogP contribution in [0.3, 0.4) is 0 Å². The number of ether oxygens (including phenoxy) is 2. The number of rotatable bonds is 8. The molecule has 0 aliphatic heterocycles. The SMILES string of the molecule is COc1cc(/C=N/NC(=O)C(=O)NCc2ccccc2)ccc1OCc1ccc(F)cc1. The number of carbonyl (C=O) groups excluding carboxylic acids is 2. The summed E-state index contributed by atoms with van der Waals surface area (Å²) in [7, 11) is 1.50. The first kappa shape index (κ1) is 22.5. The summed E-state index contributed by atoms with van der Waals surface area (Å²) in [6.45, 7) is 0.492. The van der Waals surface area contributed by atoms with Crippen LogP contribution in [0.2, 0.25) is 0 Å². The van der Waals surface area contributed by atoms with Crippen LogP contribution < -0.4 is 20.2 Å². The number of amides is 2. The van der Waals surface area contributed by atoms with Gasteiger partial charge in [0.05, 0.1) is 13.3 Å². The van der Waals surface area contributed by atoms with Crippen LogP contribution in [-0.4, -0.2) is 25.1 Å². The number of hydrazone groups is 1. The van der Waals surface area contributed by atoms with Gasteiger partial charge in [0, 0.05) is 6.54 Å². The lowest BCUT2D eigenvalue weighted by Crippen LogP contribution is -2.37. The lowest BCUT2D eigenvalue weighted by Gasteiger charge is -2.11. The molecule has 3 aromatic rings. The van der Waals surface area contributed by atoms with Crippen molar-refractivity contribution in [2.75, 3.05) is 7.11 Å². The fourth-order valence-electron chi connectivity index (χ4n) is 2.70. The topological polar surface area (TPSA) is 89.0 Å². The minimum Gasteiger partial charge on any atom is -0.493 e. The van der Waals surface area contributed by atoms with E-state index < -0.39 is 11.8 Å². The number of carbonyl (C=O) groups is 2. The molecule has 0 bridgehead atoms. The molecule has 2 amide bonds. The molecule has 0 atom stereocenters. The zero-order chi connectivity index (χ0) is 22.8. The van der Waals surface area contributed by atoms with Gasteiger partial charge in [0.1, 0.15) is 12.4 Å². The summed E-state index contributed by atoms with van der Waals surface area (Å²) in [5.74, 6) is -1.01. The Morgan fingerprint density at radius 1 is 0.938 bits per heavy atom. The maximum Gasteiger partial charge on any atom is 0.329 e. The number of nitrogens with one attached hydrogen (secondary N) is 2. The van der Waals surface area contributed by atoms with Gasteiger partial charge in [-0.05, 0) is 47.0 Å². The summed E-state index contributed by atoms with van der Waals surface area (Å²) in [5.41, 5.74) is 4.51. The first-order chi connectivity index (χ1) is 15.5. The molecule has 0 aliphatic carbocycles. The highest BCUT2D eigenvalue weighted by Crippen LogP contribution is 2.28. The summed E-state index contributed by atoms with van der Waals surface area (Å²) >= 11 is 0. The first-order valence-corrected chi connectivity index (χ1v) is 9.75. The molecule has 3 rings (SSSR count). The molecule has 0 heterocycles. The van der Waals surface area contributed by atoms with E-state index in [1.165, 1.54) is 25.5 Å². The van der Waals surface area contributed by atoms with Crippen molar-refractivity contribution in [3.8, 4) is 11.5 Å². The van der Waals surface area contributed by atoms with Crippen LogP contribution in [0.4, 0.5) is 4.39 Å². The molecule has 7 nitrogen and oxygen atoms in total. The zero-order valence-corrected chi connectivity index (χ0v) is 17.4. The molecule has 0 fully saturated rings. The Labute approximate surface area is 184 Å². The molecule has 0 radical (unpaired) electrons. The Bertz CT molecular complexity index is 1090. The fraction of sp³-hybridized carbons (Fsp3) is 0.125. The summed E-state index contributed by atoms with van der Waals surface area (Å²) in [5, 5.41) is 6.33. The molecular formula is C24H22FN3O4. The number of hydrogen-bond donors (Lipinski definition) is 2. The average molecular weight is 435 g/mol. The first-order valence-electron chi connectivity index (χ1n) is 9.75. The number of benzene rings is 3. The van der Waals surface area contributed by atoms with Crippen molar-refractivity contribution < 1.29 is 23.5 Å². The standard InChI is InChI=1S/C24H22FN3O4/c1-31-22-13-19(9-12-21(22)32-16-18-7-10-20(25)11-8-18)15-27-28-24(30)23(29)26-14-17-5-3-2-4-6-17/h2-13,15H,14,16H2,1H3,(H,26,29)(H,28,30)/b27-15+. The van der Waals surface area contributed by atoms with Gasteiger partial charge in [0.25, 0.3) is 0 Å². The Hall–Kier alpha value is -4.20. The molecule has 32 heavy (non-hydrogen) atoms. The van der Waals surface area contributed by atoms with E-state index in [1.54, 1.807) is 30.3 Å². The molecule has 0 spiro atoms. The lowest BCUT2D eigenvalue weighted by molar-refractivity contribution is -0.139. The van der Waals surface area contributed by atoms with Crippen molar-refractivity contribution in [2.45, 2.75) is 13.2 Å². The molecule has 2 N–H and O–H groups in total. The van der Waals surface area contributed by atoms with Crippen LogP contribution in [0.5, 0.6) is 11.5 Å². The minimum absolute atomic E-state index is 0.243. The third kappa shape index (κ3) is 6.66. The normalized spacial score (nSPS) is 10.6. The van der Waals surface area contributed by atoms with Crippen molar-refractivity contribution in [1.29, 1.82) is 0 Å². The zero-order valence-electron chi connectivity index (χ0n) is 17.4. The summed E-state index contributed by atoms with van der Waals surface area (Å²) < 4.78 is 24.1. The van der Waals surface area contributed by atoms with Gasteiger partial charge in [-0.2, -0.15) is 5.10 Å². The van der Waals surface area contributed by atoms with E-state index in [0.29, 0.717) is 17.1 Å². The number of nitrogens with zero attached hydrogens (tertiary/aromatic N) is 1. The summed E-state index contributed by atoms with van der Waals surface area (Å²) in [4.78, 5) is 23.7. The van der Waals surface area contributed by atoms with Crippen LogP contribution >= 0.6 is 0 Å². The molecule has 0 aromatic heterocycles. The minimum atomic E-state index is -0.872. The number of halogens is 1. The van der Waals surface area contributed by atoms with E-state index in [4.69, 9.17) is 9.47 Å². The van der Waals surface area contributed by atoms with Crippen molar-refractivity contribution in [1.82, 2.24) is 10.7 Å². The Morgan fingerprint density at radius 3 is 2.41 bits per heavy atom. The van der Waals surface area contributed by atoms with Crippen LogP contribution in [0.1, 0.15) is 16.7 Å². The maximum atomic E-state index is 13.0. The van der Waals surface area contributed by atoms with E-state index in [2.05, 4.69) is 15.8 Å². The maximum absolute atomic E-state index is 13.0. The fourth-order valence-corrected chi connectivity index (χ4v) is 2.70. The predicted octanol–water partition coefficient (Wildman–Crippen LogP) is 3.18. The van der Waals surface area contributed by atoms with Gasteiger partial charge >= 0.3 is 11.8 Å². The van der Waals surface area contributed by atoms with Gasteiger partial charge in [0.15, 0.2) is 11.5 Å². The molecule has 0 unspecified atom stereocenters. The highest BCUT2D eigenvalue weighted by molar-refractivity contribution is 6.35. The van der Waals surface area contributed by atoms with Crippen LogP contribution in [0.15, 0.2) is 77.9 Å². The van der Waals surface area contributed by atoms with E-state index in [-0.39, 0.29) is 19.0 Å². The summed E-state index contributed by atoms with van der Waals surface area (Å²) in [6.07, 6.45) is 1.38. The van der Waals surface area contributed by atoms with Crippen molar-refractivity contribution in [3.63, 3.8) is 0 Å². The number of hydrogen-bond acceptors (Lipinski definition) is 5. The molecular weight excluding hydrogens is 413 g/mol. The highest BCUT2D eigenvalue weighted by Gasteiger charge is 2.12. The molecule has 3 aromatic carbocycles. The van der Waals surface area contributed by atoms with Crippen LogP contribution in [0, 0.1) is 5.82 Å². The third-order valence-electron chi connectivity index (χ3n) is 4.38. The molecule has 0 saturated carbocycles. The number of methoxy groups -OCH3 is 1. The van der Waals surface area contributed by atoms with E-state index in [9.17, 15) is 14.0 Å². The van der Waals surface area contributed by atoms with Crippen molar-refractivity contribution >= 4 is 18.0 Å². The second-order valence-electron chi connectivity index (χ2n) is 6.69. The average Bonchev–Trinajstić information content (AvgIpc) is 2.83. The van der Waals surface area contributed by atoms with E-state index in [1.807, 2.05) is 30.3 Å². The molecule has 164 valence electrons. The van der Waals surface area contributed by atoms with Gasteiger partial charge in [-0.15, -0.1) is 0 Å². The van der Waals surface area contributed by atoms with Crippen molar-refractivity contribution in [3.05, 3.63) is 95.3 Å². The molecule has 0 saturated heterocycles. The highest BCUT2D eigenvalue weighted by atomic mass is 19.1. The largest absolute Gasteiger partial charge is 0.493 e. The van der Waals surface area contributed by atoms with Gasteiger partial charge in [0.2, 0.25) is 0 Å². The summed E-state index contributed by atoms with van der Waals surface area (Å²) in [6, 6.07) is 20.3. The molecule has 0 aliphatic rings. The monoisotopic (exact) mass is 435 g/mol. The van der Waals surface area contributed by atoms with Gasteiger partial charge < -0.3 is 14.8 Å². The Balaban J connectivity index is 1.51. The predicted molar refractivity (Wildman–Crippen MR) is 118 cm³/mol. The Kier molecular flexibility index (Phi) is 7.91. The smallest absolute Gasteiger partial charge is 0.329 e. The lowest BCUT2D eigenvalue weighted by atomic mass is 10.2. The molecule has 8 heteroatoms.